The van der Waals surface area contributed by atoms with Gasteiger partial charge in [0, 0.05) is 6.54 Å². The standard InChI is InChI=1S/C6H11NO2/c1-2-4-3-7-5(4)6(8)9/h4-5,7H,2-3H2,1H3,(H,8,9)/t4-,5+/m1/s1. The van der Waals surface area contributed by atoms with E-state index in [1.165, 1.54) is 0 Å². The lowest BCUT2D eigenvalue weighted by atomic mass is 9.90. The van der Waals surface area contributed by atoms with Gasteiger partial charge in [-0.1, -0.05) is 13.3 Å². The van der Waals surface area contributed by atoms with E-state index in [1.54, 1.807) is 0 Å². The van der Waals surface area contributed by atoms with Crippen LogP contribution in [0.4, 0.5) is 0 Å². The van der Waals surface area contributed by atoms with Gasteiger partial charge in [-0.3, -0.25) is 4.79 Å². The van der Waals surface area contributed by atoms with E-state index >= 15 is 0 Å². The number of carboxylic acid groups (broad SMARTS) is 1. The molecule has 2 atom stereocenters. The number of carboxylic acids is 1. The van der Waals surface area contributed by atoms with Gasteiger partial charge in [0.15, 0.2) is 0 Å². The number of nitrogens with one attached hydrogen (secondary N) is 1. The van der Waals surface area contributed by atoms with Gasteiger partial charge in [0.05, 0.1) is 0 Å². The summed E-state index contributed by atoms with van der Waals surface area (Å²) in [5.74, 6) is -0.351. The van der Waals surface area contributed by atoms with Crippen LogP contribution in [-0.2, 0) is 4.79 Å². The Morgan fingerprint density at radius 3 is 2.67 bits per heavy atom. The van der Waals surface area contributed by atoms with Crippen molar-refractivity contribution in [3.8, 4) is 0 Å². The normalized spacial score (nSPS) is 33.4. The van der Waals surface area contributed by atoms with E-state index in [1.807, 2.05) is 6.92 Å². The fourth-order valence-corrected chi connectivity index (χ4v) is 1.07. The first-order valence-electron chi connectivity index (χ1n) is 3.22. The van der Waals surface area contributed by atoms with Crippen LogP contribution in [0.25, 0.3) is 0 Å². The molecule has 1 heterocycles. The SMILES string of the molecule is CC[C@@H]1CN[C@@H]1C(=O)O. The summed E-state index contributed by atoms with van der Waals surface area (Å²) in [4.78, 5) is 10.3. The third-order valence-corrected chi connectivity index (χ3v) is 1.86. The molecule has 0 saturated carbocycles. The first kappa shape index (κ1) is 6.55. The Balaban J connectivity index is 2.35. The summed E-state index contributed by atoms with van der Waals surface area (Å²) in [5.41, 5.74) is 0. The van der Waals surface area contributed by atoms with Gasteiger partial charge in [0.1, 0.15) is 6.04 Å². The van der Waals surface area contributed by atoms with Crippen LogP contribution in [0.5, 0.6) is 0 Å². The highest BCUT2D eigenvalue weighted by Gasteiger charge is 2.34. The topological polar surface area (TPSA) is 49.3 Å². The van der Waals surface area contributed by atoms with Crippen molar-refractivity contribution in [3.63, 3.8) is 0 Å². The van der Waals surface area contributed by atoms with E-state index in [4.69, 9.17) is 5.11 Å². The lowest BCUT2D eigenvalue weighted by molar-refractivity contribution is -0.143. The van der Waals surface area contributed by atoms with Crippen molar-refractivity contribution in [2.75, 3.05) is 6.54 Å². The molecule has 2 N–H and O–H groups in total. The molecule has 0 unspecified atom stereocenters. The Morgan fingerprint density at radius 1 is 1.89 bits per heavy atom. The van der Waals surface area contributed by atoms with Crippen LogP contribution in [0, 0.1) is 5.92 Å². The third-order valence-electron chi connectivity index (χ3n) is 1.86. The second-order valence-corrected chi connectivity index (χ2v) is 2.39. The zero-order chi connectivity index (χ0) is 6.85. The number of carbonyl (C=O) groups is 1. The molecule has 1 fully saturated rings. The molecule has 1 aliphatic heterocycles. The third kappa shape index (κ3) is 1.05. The smallest absolute Gasteiger partial charge is 0.321 e. The fourth-order valence-electron chi connectivity index (χ4n) is 1.07. The van der Waals surface area contributed by atoms with Gasteiger partial charge < -0.3 is 10.4 Å². The fraction of sp³-hybridized carbons (Fsp3) is 0.833. The number of rotatable bonds is 2. The molecule has 0 amide bonds. The molecule has 3 heteroatoms. The molecule has 0 aromatic rings. The van der Waals surface area contributed by atoms with Gasteiger partial charge in [0.2, 0.25) is 0 Å². The Labute approximate surface area is 54.1 Å². The maximum absolute atomic E-state index is 10.3. The minimum absolute atomic E-state index is 0.269. The van der Waals surface area contributed by atoms with E-state index < -0.39 is 5.97 Å². The molecule has 52 valence electrons. The molecule has 0 aromatic carbocycles. The van der Waals surface area contributed by atoms with Gasteiger partial charge in [-0.05, 0) is 5.92 Å². The molecule has 1 aliphatic rings. The van der Waals surface area contributed by atoms with Crippen LogP contribution in [0.3, 0.4) is 0 Å². The van der Waals surface area contributed by atoms with Crippen LogP contribution in [0.2, 0.25) is 0 Å². The molecule has 0 spiro atoms. The van der Waals surface area contributed by atoms with Gasteiger partial charge in [-0.2, -0.15) is 0 Å². The van der Waals surface area contributed by atoms with Crippen LogP contribution >= 0.6 is 0 Å². The second kappa shape index (κ2) is 2.35. The zero-order valence-corrected chi connectivity index (χ0v) is 5.42. The number of aliphatic carboxylic acids is 1. The van der Waals surface area contributed by atoms with Crippen molar-refractivity contribution in [1.82, 2.24) is 5.32 Å². The summed E-state index contributed by atoms with van der Waals surface area (Å²) in [6.45, 7) is 2.88. The lowest BCUT2D eigenvalue weighted by Crippen LogP contribution is -2.56. The highest BCUT2D eigenvalue weighted by molar-refractivity contribution is 5.75. The first-order valence-corrected chi connectivity index (χ1v) is 3.22. The van der Waals surface area contributed by atoms with Crippen molar-refractivity contribution in [2.24, 2.45) is 5.92 Å². The van der Waals surface area contributed by atoms with Crippen LogP contribution in [0.1, 0.15) is 13.3 Å². The summed E-state index contributed by atoms with van der Waals surface area (Å²) < 4.78 is 0. The Morgan fingerprint density at radius 2 is 2.56 bits per heavy atom. The van der Waals surface area contributed by atoms with Crippen LogP contribution in [0.15, 0.2) is 0 Å². The van der Waals surface area contributed by atoms with Crippen LogP contribution in [-0.4, -0.2) is 23.7 Å². The van der Waals surface area contributed by atoms with E-state index in [-0.39, 0.29) is 6.04 Å². The molecule has 1 saturated heterocycles. The zero-order valence-electron chi connectivity index (χ0n) is 5.42. The van der Waals surface area contributed by atoms with Gasteiger partial charge in [0.25, 0.3) is 0 Å². The van der Waals surface area contributed by atoms with Crippen LogP contribution < -0.4 is 5.32 Å². The highest BCUT2D eigenvalue weighted by Crippen LogP contribution is 2.16. The second-order valence-electron chi connectivity index (χ2n) is 2.39. The number of hydrogen-bond acceptors (Lipinski definition) is 2. The minimum atomic E-state index is -0.715. The molecule has 0 aliphatic carbocycles. The van der Waals surface area contributed by atoms with Gasteiger partial charge in [-0.15, -0.1) is 0 Å². The molecule has 9 heavy (non-hydrogen) atoms. The van der Waals surface area contributed by atoms with E-state index in [0.29, 0.717) is 5.92 Å². The summed E-state index contributed by atoms with van der Waals surface area (Å²) in [5, 5.41) is 11.3. The van der Waals surface area contributed by atoms with Crippen molar-refractivity contribution in [3.05, 3.63) is 0 Å². The van der Waals surface area contributed by atoms with E-state index in [2.05, 4.69) is 5.32 Å². The molecular formula is C6H11NO2. The van der Waals surface area contributed by atoms with Gasteiger partial charge >= 0.3 is 5.97 Å². The molecular weight excluding hydrogens is 118 g/mol. The Kier molecular flexibility index (Phi) is 1.71. The quantitative estimate of drug-likeness (QED) is 0.554. The number of hydrogen-bond donors (Lipinski definition) is 2. The molecule has 0 aromatic heterocycles. The summed E-state index contributed by atoms with van der Waals surface area (Å²) >= 11 is 0. The Hall–Kier alpha value is -0.570. The molecule has 3 nitrogen and oxygen atoms in total. The first-order chi connectivity index (χ1) is 4.25. The highest BCUT2D eigenvalue weighted by atomic mass is 16.4. The predicted molar refractivity (Wildman–Crippen MR) is 33.2 cm³/mol. The molecule has 0 bridgehead atoms. The maximum Gasteiger partial charge on any atom is 0.321 e. The van der Waals surface area contributed by atoms with Crippen molar-refractivity contribution in [1.29, 1.82) is 0 Å². The molecule has 1 rings (SSSR count). The maximum atomic E-state index is 10.3. The molecule has 0 radical (unpaired) electrons. The van der Waals surface area contributed by atoms with Crippen molar-refractivity contribution < 1.29 is 9.90 Å². The van der Waals surface area contributed by atoms with E-state index in [9.17, 15) is 4.79 Å². The van der Waals surface area contributed by atoms with Crippen molar-refractivity contribution in [2.45, 2.75) is 19.4 Å². The average molecular weight is 129 g/mol. The lowest BCUT2D eigenvalue weighted by Gasteiger charge is -2.33. The average Bonchev–Trinajstić information content (AvgIpc) is 1.61. The summed E-state index contributed by atoms with van der Waals surface area (Å²) in [6, 6.07) is -0.269. The van der Waals surface area contributed by atoms with Crippen molar-refractivity contribution >= 4 is 5.97 Å². The summed E-state index contributed by atoms with van der Waals surface area (Å²) in [7, 11) is 0. The summed E-state index contributed by atoms with van der Waals surface area (Å²) in [6.07, 6.45) is 0.962. The predicted octanol–water partition coefficient (Wildman–Crippen LogP) is 0.0690. The monoisotopic (exact) mass is 129 g/mol. The van der Waals surface area contributed by atoms with Gasteiger partial charge in [-0.25, -0.2) is 0 Å². The van der Waals surface area contributed by atoms with E-state index in [0.717, 1.165) is 13.0 Å². The largest absolute Gasteiger partial charge is 0.480 e. The Bertz CT molecular complexity index is 122. The minimum Gasteiger partial charge on any atom is -0.480 e.